The highest BCUT2D eigenvalue weighted by atomic mass is 16.5. The lowest BCUT2D eigenvalue weighted by molar-refractivity contribution is 0.299. The molecule has 0 aliphatic rings. The average molecular weight is 285 g/mol. The van der Waals surface area contributed by atoms with E-state index in [9.17, 15) is 0 Å². The van der Waals surface area contributed by atoms with Gasteiger partial charge in [0, 0.05) is 17.7 Å². The van der Waals surface area contributed by atoms with Gasteiger partial charge >= 0.3 is 0 Å². The largest absolute Gasteiger partial charge is 0.497 e. The molecule has 0 fully saturated rings. The van der Waals surface area contributed by atoms with Crippen molar-refractivity contribution in [2.24, 2.45) is 5.73 Å². The van der Waals surface area contributed by atoms with E-state index >= 15 is 0 Å². The van der Waals surface area contributed by atoms with E-state index in [0.717, 1.165) is 22.6 Å². The van der Waals surface area contributed by atoms with Crippen LogP contribution >= 0.6 is 0 Å². The van der Waals surface area contributed by atoms with Crippen LogP contribution in [-0.2, 0) is 6.61 Å². The predicted octanol–water partition coefficient (Wildman–Crippen LogP) is 3.91. The van der Waals surface area contributed by atoms with Crippen molar-refractivity contribution >= 4 is 0 Å². The zero-order chi connectivity index (χ0) is 15.4. The molecule has 0 heterocycles. The second kappa shape index (κ2) is 6.64. The molecule has 3 heteroatoms. The van der Waals surface area contributed by atoms with E-state index in [-0.39, 0.29) is 6.04 Å². The Morgan fingerprint density at radius 1 is 1.05 bits per heavy atom. The first-order valence-corrected chi connectivity index (χ1v) is 7.13. The maximum absolute atomic E-state index is 6.00. The Balaban J connectivity index is 2.19. The molecule has 0 aliphatic heterocycles. The molecule has 0 saturated heterocycles. The van der Waals surface area contributed by atoms with Gasteiger partial charge in [0.1, 0.15) is 18.1 Å². The molecule has 0 amide bonds. The highest BCUT2D eigenvalue weighted by molar-refractivity contribution is 5.42. The molecule has 2 N–H and O–H groups in total. The van der Waals surface area contributed by atoms with Crippen LogP contribution in [0.3, 0.4) is 0 Å². The van der Waals surface area contributed by atoms with E-state index in [2.05, 4.69) is 32.0 Å². The Labute approximate surface area is 126 Å². The number of nitrogens with two attached hydrogens (primary N) is 1. The molecular formula is C18H23NO2. The molecule has 0 spiro atoms. The van der Waals surface area contributed by atoms with Gasteiger partial charge in [-0.2, -0.15) is 0 Å². The number of rotatable bonds is 5. The van der Waals surface area contributed by atoms with Gasteiger partial charge in [-0.15, -0.1) is 0 Å². The summed E-state index contributed by atoms with van der Waals surface area (Å²) in [7, 11) is 1.65. The molecule has 0 radical (unpaired) electrons. The SMILES string of the molecule is COc1ccc([C@H](C)N)c(OCc2ccc(C)c(C)c2)c1. The fourth-order valence-electron chi connectivity index (χ4n) is 2.20. The van der Waals surface area contributed by atoms with Gasteiger partial charge in [0.2, 0.25) is 0 Å². The van der Waals surface area contributed by atoms with Gasteiger partial charge in [-0.25, -0.2) is 0 Å². The van der Waals surface area contributed by atoms with Crippen molar-refractivity contribution < 1.29 is 9.47 Å². The lowest BCUT2D eigenvalue weighted by Crippen LogP contribution is -2.08. The highest BCUT2D eigenvalue weighted by Crippen LogP contribution is 2.29. The van der Waals surface area contributed by atoms with Crippen LogP contribution < -0.4 is 15.2 Å². The first-order valence-electron chi connectivity index (χ1n) is 7.13. The molecule has 0 saturated carbocycles. The molecule has 3 nitrogen and oxygen atoms in total. The standard InChI is InChI=1S/C18H23NO2/c1-12-5-6-15(9-13(12)2)11-21-18-10-16(20-4)7-8-17(18)14(3)19/h5-10,14H,11,19H2,1-4H3/t14-/m0/s1. The van der Waals surface area contributed by atoms with E-state index in [0.29, 0.717) is 6.61 Å². The summed E-state index contributed by atoms with van der Waals surface area (Å²) < 4.78 is 11.2. The van der Waals surface area contributed by atoms with Gasteiger partial charge in [0.15, 0.2) is 0 Å². The summed E-state index contributed by atoms with van der Waals surface area (Å²) in [4.78, 5) is 0. The molecule has 21 heavy (non-hydrogen) atoms. The minimum Gasteiger partial charge on any atom is -0.497 e. The number of hydrogen-bond donors (Lipinski definition) is 1. The normalized spacial score (nSPS) is 12.0. The fourth-order valence-corrected chi connectivity index (χ4v) is 2.20. The third kappa shape index (κ3) is 3.76. The molecule has 0 aliphatic carbocycles. The van der Waals surface area contributed by atoms with Crippen LogP contribution in [0.4, 0.5) is 0 Å². The monoisotopic (exact) mass is 285 g/mol. The van der Waals surface area contributed by atoms with Gasteiger partial charge in [-0.3, -0.25) is 0 Å². The number of aryl methyl sites for hydroxylation is 2. The molecular weight excluding hydrogens is 262 g/mol. The van der Waals surface area contributed by atoms with Crippen LogP contribution in [0.2, 0.25) is 0 Å². The Kier molecular flexibility index (Phi) is 4.86. The summed E-state index contributed by atoms with van der Waals surface area (Å²) in [6.45, 7) is 6.69. The van der Waals surface area contributed by atoms with Gasteiger partial charge in [-0.1, -0.05) is 24.3 Å². The molecule has 1 atom stereocenters. The summed E-state index contributed by atoms with van der Waals surface area (Å²) >= 11 is 0. The molecule has 0 bridgehead atoms. The number of ether oxygens (including phenoxy) is 2. The Morgan fingerprint density at radius 2 is 1.81 bits per heavy atom. The lowest BCUT2D eigenvalue weighted by atomic mass is 10.1. The van der Waals surface area contributed by atoms with Crippen molar-refractivity contribution in [2.45, 2.75) is 33.4 Å². The van der Waals surface area contributed by atoms with Crippen molar-refractivity contribution in [1.29, 1.82) is 0 Å². The lowest BCUT2D eigenvalue weighted by Gasteiger charge is -2.15. The van der Waals surface area contributed by atoms with Crippen LogP contribution in [-0.4, -0.2) is 7.11 Å². The van der Waals surface area contributed by atoms with Gasteiger partial charge in [0.25, 0.3) is 0 Å². The summed E-state index contributed by atoms with van der Waals surface area (Å²) in [5.74, 6) is 1.55. The van der Waals surface area contributed by atoms with Crippen LogP contribution in [0.15, 0.2) is 36.4 Å². The van der Waals surface area contributed by atoms with Crippen LogP contribution in [0.25, 0.3) is 0 Å². The number of benzene rings is 2. The molecule has 2 aromatic rings. The minimum absolute atomic E-state index is 0.0781. The van der Waals surface area contributed by atoms with Crippen LogP contribution in [0.1, 0.15) is 35.2 Å². The average Bonchev–Trinajstić information content (AvgIpc) is 2.48. The number of methoxy groups -OCH3 is 1. The third-order valence-corrected chi connectivity index (χ3v) is 3.68. The Bertz CT molecular complexity index is 621. The van der Waals surface area contributed by atoms with Gasteiger partial charge in [0.05, 0.1) is 7.11 Å². The Hall–Kier alpha value is -2.00. The second-order valence-electron chi connectivity index (χ2n) is 5.40. The second-order valence-corrected chi connectivity index (χ2v) is 5.40. The summed E-state index contributed by atoms with van der Waals surface area (Å²) in [5.41, 5.74) is 10.7. The van der Waals surface area contributed by atoms with E-state index in [1.807, 2.05) is 25.1 Å². The molecule has 112 valence electrons. The van der Waals surface area contributed by atoms with Crippen molar-refractivity contribution in [1.82, 2.24) is 0 Å². The van der Waals surface area contributed by atoms with Gasteiger partial charge < -0.3 is 15.2 Å². The van der Waals surface area contributed by atoms with E-state index in [1.54, 1.807) is 7.11 Å². The smallest absolute Gasteiger partial charge is 0.128 e. The van der Waals surface area contributed by atoms with Crippen molar-refractivity contribution in [3.05, 3.63) is 58.7 Å². The quantitative estimate of drug-likeness (QED) is 0.905. The Morgan fingerprint density at radius 3 is 2.43 bits per heavy atom. The first-order chi connectivity index (χ1) is 10.0. The summed E-state index contributed by atoms with van der Waals surface area (Å²) in [6, 6.07) is 12.0. The van der Waals surface area contributed by atoms with Crippen LogP contribution in [0.5, 0.6) is 11.5 Å². The topological polar surface area (TPSA) is 44.5 Å². The van der Waals surface area contributed by atoms with Crippen LogP contribution in [0, 0.1) is 13.8 Å². The molecule has 0 aromatic heterocycles. The predicted molar refractivity (Wildman–Crippen MR) is 85.8 cm³/mol. The molecule has 2 aromatic carbocycles. The minimum atomic E-state index is -0.0781. The third-order valence-electron chi connectivity index (χ3n) is 3.68. The van der Waals surface area contributed by atoms with Crippen molar-refractivity contribution in [3.63, 3.8) is 0 Å². The van der Waals surface area contributed by atoms with E-state index in [4.69, 9.17) is 15.2 Å². The van der Waals surface area contributed by atoms with E-state index in [1.165, 1.54) is 11.1 Å². The zero-order valence-electron chi connectivity index (χ0n) is 13.1. The summed E-state index contributed by atoms with van der Waals surface area (Å²) in [5, 5.41) is 0. The van der Waals surface area contributed by atoms with Crippen molar-refractivity contribution in [2.75, 3.05) is 7.11 Å². The maximum atomic E-state index is 6.00. The molecule has 2 rings (SSSR count). The fraction of sp³-hybridized carbons (Fsp3) is 0.333. The summed E-state index contributed by atoms with van der Waals surface area (Å²) in [6.07, 6.45) is 0. The van der Waals surface area contributed by atoms with E-state index < -0.39 is 0 Å². The zero-order valence-corrected chi connectivity index (χ0v) is 13.1. The van der Waals surface area contributed by atoms with Crippen molar-refractivity contribution in [3.8, 4) is 11.5 Å². The highest BCUT2D eigenvalue weighted by Gasteiger charge is 2.10. The van der Waals surface area contributed by atoms with Gasteiger partial charge in [-0.05, 0) is 43.5 Å². The first kappa shape index (κ1) is 15.4. The number of hydrogen-bond acceptors (Lipinski definition) is 3. The molecule has 0 unspecified atom stereocenters. The maximum Gasteiger partial charge on any atom is 0.128 e.